The zero-order chi connectivity index (χ0) is 10.6. The van der Waals surface area contributed by atoms with Gasteiger partial charge in [-0.25, -0.2) is 0 Å². The number of hydrogen-bond acceptors (Lipinski definition) is 2. The SMILES string of the molecule is CC(C)(C)c1nnc(Cl)n1C1(C)CC1. The summed E-state index contributed by atoms with van der Waals surface area (Å²) in [4.78, 5) is 0. The van der Waals surface area contributed by atoms with E-state index in [1.54, 1.807) is 0 Å². The van der Waals surface area contributed by atoms with Crippen molar-refractivity contribution in [3.05, 3.63) is 11.1 Å². The minimum Gasteiger partial charge on any atom is -0.295 e. The summed E-state index contributed by atoms with van der Waals surface area (Å²) < 4.78 is 2.09. The first-order valence-electron chi connectivity index (χ1n) is 4.96. The molecular weight excluding hydrogens is 198 g/mol. The fourth-order valence-corrected chi connectivity index (χ4v) is 1.96. The molecule has 1 aromatic rings. The average molecular weight is 214 g/mol. The van der Waals surface area contributed by atoms with Gasteiger partial charge in [0.05, 0.1) is 0 Å². The van der Waals surface area contributed by atoms with Gasteiger partial charge in [-0.2, -0.15) is 0 Å². The highest BCUT2D eigenvalue weighted by Gasteiger charge is 2.44. The molecule has 1 aromatic heterocycles. The highest BCUT2D eigenvalue weighted by Crippen LogP contribution is 2.46. The summed E-state index contributed by atoms with van der Waals surface area (Å²) in [6.07, 6.45) is 2.35. The Labute approximate surface area is 89.5 Å². The maximum Gasteiger partial charge on any atom is 0.225 e. The lowest BCUT2D eigenvalue weighted by Gasteiger charge is -2.22. The third-order valence-electron chi connectivity index (χ3n) is 2.81. The summed E-state index contributed by atoms with van der Waals surface area (Å²) in [6.45, 7) is 8.61. The number of nitrogens with zero attached hydrogens (tertiary/aromatic N) is 3. The van der Waals surface area contributed by atoms with Crippen molar-refractivity contribution < 1.29 is 0 Å². The van der Waals surface area contributed by atoms with E-state index < -0.39 is 0 Å². The molecule has 0 spiro atoms. The molecule has 0 unspecified atom stereocenters. The van der Waals surface area contributed by atoms with E-state index in [0.29, 0.717) is 5.28 Å². The van der Waals surface area contributed by atoms with Crippen molar-refractivity contribution in [1.29, 1.82) is 0 Å². The molecule has 0 radical (unpaired) electrons. The van der Waals surface area contributed by atoms with Crippen molar-refractivity contribution >= 4 is 11.6 Å². The number of hydrogen-bond donors (Lipinski definition) is 0. The van der Waals surface area contributed by atoms with Gasteiger partial charge in [-0.15, -0.1) is 10.2 Å². The van der Waals surface area contributed by atoms with Gasteiger partial charge in [0.1, 0.15) is 5.82 Å². The molecule has 0 aromatic carbocycles. The largest absolute Gasteiger partial charge is 0.295 e. The van der Waals surface area contributed by atoms with Crippen LogP contribution in [0.2, 0.25) is 5.28 Å². The minimum atomic E-state index is 0.00569. The predicted molar refractivity (Wildman–Crippen MR) is 56.6 cm³/mol. The molecule has 1 aliphatic carbocycles. The second-order valence-corrected chi connectivity index (χ2v) is 5.71. The Morgan fingerprint density at radius 3 is 2.29 bits per heavy atom. The smallest absolute Gasteiger partial charge is 0.225 e. The molecule has 0 amide bonds. The summed E-state index contributed by atoms with van der Waals surface area (Å²) >= 11 is 6.06. The topological polar surface area (TPSA) is 30.7 Å². The van der Waals surface area contributed by atoms with Gasteiger partial charge < -0.3 is 0 Å². The van der Waals surface area contributed by atoms with Crippen LogP contribution in [-0.4, -0.2) is 14.8 Å². The third kappa shape index (κ3) is 1.44. The Hall–Kier alpha value is -0.570. The van der Waals surface area contributed by atoms with Crippen LogP contribution in [0, 0.1) is 0 Å². The first-order valence-corrected chi connectivity index (χ1v) is 5.34. The van der Waals surface area contributed by atoms with E-state index in [2.05, 4.69) is 42.5 Å². The van der Waals surface area contributed by atoms with E-state index in [9.17, 15) is 0 Å². The van der Waals surface area contributed by atoms with Crippen LogP contribution in [0.25, 0.3) is 0 Å². The molecule has 0 atom stereocenters. The Morgan fingerprint density at radius 1 is 1.29 bits per heavy atom. The maximum absolute atomic E-state index is 6.06. The van der Waals surface area contributed by atoms with Crippen LogP contribution < -0.4 is 0 Å². The molecule has 1 saturated carbocycles. The monoisotopic (exact) mass is 213 g/mol. The number of rotatable bonds is 1. The van der Waals surface area contributed by atoms with Gasteiger partial charge in [0.2, 0.25) is 5.28 Å². The molecule has 0 aliphatic heterocycles. The zero-order valence-electron chi connectivity index (χ0n) is 9.13. The van der Waals surface area contributed by atoms with Crippen molar-refractivity contribution in [2.75, 3.05) is 0 Å². The molecular formula is C10H16ClN3. The molecule has 0 N–H and O–H groups in total. The van der Waals surface area contributed by atoms with E-state index in [-0.39, 0.29) is 11.0 Å². The Bertz CT molecular complexity index is 358. The van der Waals surface area contributed by atoms with Crippen LogP contribution >= 0.6 is 11.6 Å². The summed E-state index contributed by atoms with van der Waals surface area (Å²) in [7, 11) is 0. The second-order valence-electron chi connectivity index (χ2n) is 5.37. The Morgan fingerprint density at radius 2 is 1.86 bits per heavy atom. The average Bonchev–Trinajstić information content (AvgIpc) is 2.60. The van der Waals surface area contributed by atoms with Gasteiger partial charge in [0, 0.05) is 11.0 Å². The van der Waals surface area contributed by atoms with Gasteiger partial charge in [0.25, 0.3) is 0 Å². The molecule has 3 nitrogen and oxygen atoms in total. The molecule has 0 saturated heterocycles. The fraction of sp³-hybridized carbons (Fsp3) is 0.800. The van der Waals surface area contributed by atoms with E-state index >= 15 is 0 Å². The fourth-order valence-electron chi connectivity index (χ4n) is 1.63. The summed E-state index contributed by atoms with van der Waals surface area (Å²) in [5, 5.41) is 8.67. The maximum atomic E-state index is 6.06. The van der Waals surface area contributed by atoms with Gasteiger partial charge >= 0.3 is 0 Å². The molecule has 2 rings (SSSR count). The van der Waals surface area contributed by atoms with Crippen LogP contribution in [-0.2, 0) is 11.0 Å². The molecule has 0 bridgehead atoms. The van der Waals surface area contributed by atoms with Crippen molar-refractivity contribution in [2.24, 2.45) is 0 Å². The Kier molecular flexibility index (Phi) is 1.94. The quantitative estimate of drug-likeness (QED) is 0.718. The van der Waals surface area contributed by atoms with Crippen LogP contribution in [0.15, 0.2) is 0 Å². The van der Waals surface area contributed by atoms with Crippen LogP contribution in [0.1, 0.15) is 46.4 Å². The van der Waals surface area contributed by atoms with Gasteiger partial charge in [-0.3, -0.25) is 4.57 Å². The minimum absolute atomic E-state index is 0.00569. The van der Waals surface area contributed by atoms with Gasteiger partial charge in [0.15, 0.2) is 0 Å². The summed E-state index contributed by atoms with van der Waals surface area (Å²) in [5.41, 5.74) is 0.176. The van der Waals surface area contributed by atoms with Crippen molar-refractivity contribution in [3.8, 4) is 0 Å². The van der Waals surface area contributed by atoms with Crippen LogP contribution in [0.5, 0.6) is 0 Å². The predicted octanol–water partition coefficient (Wildman–Crippen LogP) is 2.74. The standard InChI is InChI=1S/C10H16ClN3/c1-9(2,3)7-12-13-8(11)14(7)10(4)5-6-10/h5-6H2,1-4H3. The Balaban J connectivity index is 2.52. The molecule has 14 heavy (non-hydrogen) atoms. The van der Waals surface area contributed by atoms with E-state index in [0.717, 1.165) is 5.82 Å². The normalized spacial score (nSPS) is 19.8. The third-order valence-corrected chi connectivity index (χ3v) is 3.05. The lowest BCUT2D eigenvalue weighted by molar-refractivity contribution is 0.439. The van der Waals surface area contributed by atoms with Gasteiger partial charge in [-0.05, 0) is 31.4 Å². The van der Waals surface area contributed by atoms with Crippen molar-refractivity contribution in [1.82, 2.24) is 14.8 Å². The van der Waals surface area contributed by atoms with Crippen molar-refractivity contribution in [2.45, 2.75) is 51.5 Å². The summed E-state index contributed by atoms with van der Waals surface area (Å²) in [5.74, 6) is 0.988. The van der Waals surface area contributed by atoms with E-state index in [1.165, 1.54) is 12.8 Å². The molecule has 4 heteroatoms. The molecule has 78 valence electrons. The lowest BCUT2D eigenvalue weighted by atomic mass is 9.95. The van der Waals surface area contributed by atoms with Crippen LogP contribution in [0.3, 0.4) is 0 Å². The lowest BCUT2D eigenvalue weighted by Crippen LogP contribution is -2.24. The molecule has 1 aliphatic rings. The first-order chi connectivity index (χ1) is 6.34. The summed E-state index contributed by atoms with van der Waals surface area (Å²) in [6, 6.07) is 0. The number of aromatic nitrogens is 3. The molecule has 1 fully saturated rings. The van der Waals surface area contributed by atoms with Crippen LogP contribution in [0.4, 0.5) is 0 Å². The first kappa shape index (κ1) is 9.97. The number of halogens is 1. The second kappa shape index (κ2) is 2.72. The van der Waals surface area contributed by atoms with Gasteiger partial charge in [-0.1, -0.05) is 20.8 Å². The highest BCUT2D eigenvalue weighted by atomic mass is 35.5. The molecule has 1 heterocycles. The highest BCUT2D eigenvalue weighted by molar-refractivity contribution is 6.28. The van der Waals surface area contributed by atoms with E-state index in [1.807, 2.05) is 0 Å². The zero-order valence-corrected chi connectivity index (χ0v) is 9.89. The van der Waals surface area contributed by atoms with Crippen molar-refractivity contribution in [3.63, 3.8) is 0 Å². The van der Waals surface area contributed by atoms with E-state index in [4.69, 9.17) is 11.6 Å².